The first-order valence-corrected chi connectivity index (χ1v) is 6.70. The van der Waals surface area contributed by atoms with Gasteiger partial charge in [0, 0.05) is 18.5 Å². The molecular formula is C16H18N2O2. The average molecular weight is 270 g/mol. The molecule has 0 heterocycles. The molecule has 20 heavy (non-hydrogen) atoms. The molecule has 0 radical (unpaired) electrons. The van der Waals surface area contributed by atoms with Crippen molar-refractivity contribution in [3.05, 3.63) is 48.0 Å². The van der Waals surface area contributed by atoms with Crippen molar-refractivity contribution >= 4 is 22.5 Å². The first-order valence-electron chi connectivity index (χ1n) is 6.70. The second kappa shape index (κ2) is 6.82. The largest absolute Gasteiger partial charge is 0.352 e. The van der Waals surface area contributed by atoms with E-state index in [9.17, 15) is 9.59 Å². The number of benzene rings is 2. The number of nitrogens with one attached hydrogen (secondary N) is 1. The Labute approximate surface area is 118 Å². The number of fused-ring (bicyclic) bond motifs is 1. The van der Waals surface area contributed by atoms with E-state index >= 15 is 0 Å². The highest BCUT2D eigenvalue weighted by molar-refractivity contribution is 6.06. The van der Waals surface area contributed by atoms with Crippen LogP contribution in [0.3, 0.4) is 0 Å². The van der Waals surface area contributed by atoms with Crippen molar-refractivity contribution in [3.8, 4) is 0 Å². The SMILES string of the molecule is NCC(=O)CCCNC(=O)c1cccc2ccccc12. The Morgan fingerprint density at radius 1 is 1.05 bits per heavy atom. The molecule has 0 aromatic heterocycles. The lowest BCUT2D eigenvalue weighted by Crippen LogP contribution is -2.25. The maximum Gasteiger partial charge on any atom is 0.251 e. The van der Waals surface area contributed by atoms with E-state index < -0.39 is 0 Å². The summed E-state index contributed by atoms with van der Waals surface area (Å²) in [6, 6.07) is 13.4. The number of ketones is 1. The van der Waals surface area contributed by atoms with Crippen molar-refractivity contribution < 1.29 is 9.59 Å². The van der Waals surface area contributed by atoms with E-state index in [2.05, 4.69) is 5.32 Å². The Hall–Kier alpha value is -2.20. The number of rotatable bonds is 6. The molecule has 0 aliphatic carbocycles. The van der Waals surface area contributed by atoms with Crippen LogP contribution in [0.15, 0.2) is 42.5 Å². The normalized spacial score (nSPS) is 10.4. The van der Waals surface area contributed by atoms with Crippen LogP contribution in [0, 0.1) is 0 Å². The van der Waals surface area contributed by atoms with Crippen LogP contribution in [0.2, 0.25) is 0 Å². The summed E-state index contributed by atoms with van der Waals surface area (Å²) in [5.74, 6) is -0.0913. The third kappa shape index (κ3) is 3.42. The molecule has 2 aromatic carbocycles. The Kier molecular flexibility index (Phi) is 4.85. The molecule has 0 aliphatic heterocycles. The van der Waals surface area contributed by atoms with Gasteiger partial charge in [0.2, 0.25) is 0 Å². The summed E-state index contributed by atoms with van der Waals surface area (Å²) in [4.78, 5) is 23.2. The van der Waals surface area contributed by atoms with Crippen LogP contribution in [-0.2, 0) is 4.79 Å². The number of nitrogens with two attached hydrogens (primary N) is 1. The number of hydrogen-bond acceptors (Lipinski definition) is 3. The molecule has 0 atom stereocenters. The molecule has 3 N–H and O–H groups in total. The van der Waals surface area contributed by atoms with Gasteiger partial charge in [0.1, 0.15) is 5.78 Å². The Bertz CT molecular complexity index is 617. The molecule has 2 rings (SSSR count). The topological polar surface area (TPSA) is 72.2 Å². The van der Waals surface area contributed by atoms with Crippen molar-refractivity contribution in [2.75, 3.05) is 13.1 Å². The van der Waals surface area contributed by atoms with Gasteiger partial charge < -0.3 is 11.1 Å². The van der Waals surface area contributed by atoms with Crippen LogP contribution in [0.5, 0.6) is 0 Å². The van der Waals surface area contributed by atoms with Gasteiger partial charge in [-0.15, -0.1) is 0 Å². The summed E-state index contributed by atoms with van der Waals surface area (Å²) in [7, 11) is 0. The van der Waals surface area contributed by atoms with Gasteiger partial charge in [-0.2, -0.15) is 0 Å². The van der Waals surface area contributed by atoms with Crippen LogP contribution in [0.4, 0.5) is 0 Å². The zero-order valence-corrected chi connectivity index (χ0v) is 11.3. The second-order valence-corrected chi connectivity index (χ2v) is 4.63. The summed E-state index contributed by atoms with van der Waals surface area (Å²) < 4.78 is 0. The quantitative estimate of drug-likeness (QED) is 0.787. The predicted octanol–water partition coefficient (Wildman–Crippen LogP) is 1.88. The van der Waals surface area contributed by atoms with Gasteiger partial charge >= 0.3 is 0 Å². The van der Waals surface area contributed by atoms with E-state index in [4.69, 9.17) is 5.73 Å². The van der Waals surface area contributed by atoms with Crippen molar-refractivity contribution in [3.63, 3.8) is 0 Å². The molecule has 0 aliphatic rings. The van der Waals surface area contributed by atoms with Crippen molar-refractivity contribution in [2.24, 2.45) is 5.73 Å². The first-order chi connectivity index (χ1) is 9.72. The molecule has 0 fully saturated rings. The number of amides is 1. The predicted molar refractivity (Wildman–Crippen MR) is 79.6 cm³/mol. The zero-order valence-electron chi connectivity index (χ0n) is 11.3. The van der Waals surface area contributed by atoms with E-state index in [-0.39, 0.29) is 18.2 Å². The minimum absolute atomic E-state index is 0.0180. The summed E-state index contributed by atoms with van der Waals surface area (Å²) in [6.07, 6.45) is 1.03. The number of hydrogen-bond donors (Lipinski definition) is 2. The lowest BCUT2D eigenvalue weighted by Gasteiger charge is -2.07. The highest BCUT2D eigenvalue weighted by Crippen LogP contribution is 2.18. The Morgan fingerprint density at radius 3 is 2.60 bits per heavy atom. The maximum atomic E-state index is 12.2. The summed E-state index contributed by atoms with van der Waals surface area (Å²) in [6.45, 7) is 0.547. The molecule has 1 amide bonds. The van der Waals surface area contributed by atoms with E-state index in [0.29, 0.717) is 24.9 Å². The third-order valence-corrected chi connectivity index (χ3v) is 3.18. The van der Waals surface area contributed by atoms with E-state index in [0.717, 1.165) is 10.8 Å². The summed E-state index contributed by atoms with van der Waals surface area (Å²) >= 11 is 0. The van der Waals surface area contributed by atoms with E-state index in [1.807, 2.05) is 42.5 Å². The van der Waals surface area contributed by atoms with Crippen molar-refractivity contribution in [1.82, 2.24) is 5.32 Å². The Morgan fingerprint density at radius 2 is 1.80 bits per heavy atom. The van der Waals surface area contributed by atoms with Crippen molar-refractivity contribution in [1.29, 1.82) is 0 Å². The minimum atomic E-state index is -0.109. The molecule has 0 unspecified atom stereocenters. The fourth-order valence-corrected chi connectivity index (χ4v) is 2.11. The first kappa shape index (κ1) is 14.2. The lowest BCUT2D eigenvalue weighted by molar-refractivity contribution is -0.117. The molecule has 0 spiro atoms. The van der Waals surface area contributed by atoms with Crippen LogP contribution < -0.4 is 11.1 Å². The highest BCUT2D eigenvalue weighted by atomic mass is 16.1. The van der Waals surface area contributed by atoms with Gasteiger partial charge in [-0.1, -0.05) is 36.4 Å². The molecule has 0 saturated carbocycles. The molecule has 0 bridgehead atoms. The molecule has 104 valence electrons. The molecule has 4 nitrogen and oxygen atoms in total. The van der Waals surface area contributed by atoms with Crippen molar-refractivity contribution in [2.45, 2.75) is 12.8 Å². The fourth-order valence-electron chi connectivity index (χ4n) is 2.11. The summed E-state index contributed by atoms with van der Waals surface area (Å²) in [5.41, 5.74) is 5.89. The second-order valence-electron chi connectivity index (χ2n) is 4.63. The van der Waals surface area contributed by atoms with E-state index in [1.54, 1.807) is 0 Å². The standard InChI is InChI=1S/C16H18N2O2/c17-11-13(19)7-4-10-18-16(20)15-9-3-6-12-5-1-2-8-14(12)15/h1-3,5-6,8-9H,4,7,10-11,17H2,(H,18,20). The summed E-state index contributed by atoms with van der Waals surface area (Å²) in [5, 5.41) is 4.81. The highest BCUT2D eigenvalue weighted by Gasteiger charge is 2.08. The Balaban J connectivity index is 1.99. The number of carbonyl (C=O) groups excluding carboxylic acids is 2. The third-order valence-electron chi connectivity index (χ3n) is 3.18. The average Bonchev–Trinajstić information content (AvgIpc) is 2.50. The van der Waals surface area contributed by atoms with E-state index in [1.165, 1.54) is 0 Å². The van der Waals surface area contributed by atoms with Gasteiger partial charge in [-0.05, 0) is 23.3 Å². The monoisotopic (exact) mass is 270 g/mol. The molecular weight excluding hydrogens is 252 g/mol. The minimum Gasteiger partial charge on any atom is -0.352 e. The number of carbonyl (C=O) groups is 2. The smallest absolute Gasteiger partial charge is 0.251 e. The van der Waals surface area contributed by atoms with Crippen LogP contribution in [0.25, 0.3) is 10.8 Å². The lowest BCUT2D eigenvalue weighted by atomic mass is 10.0. The van der Waals surface area contributed by atoms with Crippen LogP contribution in [-0.4, -0.2) is 24.8 Å². The molecule has 4 heteroatoms. The zero-order chi connectivity index (χ0) is 14.4. The maximum absolute atomic E-state index is 12.2. The number of Topliss-reactive ketones (excluding diaryl/α,β-unsaturated/α-hetero) is 1. The molecule has 0 saturated heterocycles. The van der Waals surface area contributed by atoms with Gasteiger partial charge in [-0.3, -0.25) is 9.59 Å². The van der Waals surface area contributed by atoms with Gasteiger partial charge in [0.15, 0.2) is 0 Å². The van der Waals surface area contributed by atoms with Crippen LogP contribution in [0.1, 0.15) is 23.2 Å². The van der Waals surface area contributed by atoms with Crippen LogP contribution >= 0.6 is 0 Å². The van der Waals surface area contributed by atoms with Gasteiger partial charge in [0.05, 0.1) is 6.54 Å². The van der Waals surface area contributed by atoms with Gasteiger partial charge in [0.25, 0.3) is 5.91 Å². The fraction of sp³-hybridized carbons (Fsp3) is 0.250. The molecule has 2 aromatic rings. The van der Waals surface area contributed by atoms with Gasteiger partial charge in [-0.25, -0.2) is 0 Å².